The summed E-state index contributed by atoms with van der Waals surface area (Å²) >= 11 is 0. The number of aliphatic carboxylic acids is 1. The van der Waals surface area contributed by atoms with Crippen molar-refractivity contribution in [3.05, 3.63) is 29.3 Å². The first kappa shape index (κ1) is 9.06. The lowest BCUT2D eigenvalue weighted by molar-refractivity contribution is -0.137. The maximum atomic E-state index is 10.6. The molecule has 0 fully saturated rings. The number of carboxylic acid groups (broad SMARTS) is 1. The minimum absolute atomic E-state index is 0.0168. The third-order valence-electron chi connectivity index (χ3n) is 2.47. The third-order valence-corrected chi connectivity index (χ3v) is 2.47. The van der Waals surface area contributed by atoms with Crippen LogP contribution in [0.25, 0.3) is 0 Å². The molecule has 1 atom stereocenters. The molecule has 0 bridgehead atoms. The van der Waals surface area contributed by atoms with Crippen LogP contribution in [-0.4, -0.2) is 17.7 Å². The Bertz CT molecular complexity index is 371. The van der Waals surface area contributed by atoms with Gasteiger partial charge in [-0.15, -0.1) is 0 Å². The van der Waals surface area contributed by atoms with Gasteiger partial charge in [0.2, 0.25) is 0 Å². The SMILES string of the molecule is Cc1ccc2c(c1)OCC2CC(=O)O. The van der Waals surface area contributed by atoms with E-state index in [1.165, 1.54) is 0 Å². The molecule has 2 rings (SSSR count). The summed E-state index contributed by atoms with van der Waals surface area (Å²) in [6.07, 6.45) is 0.149. The average Bonchev–Trinajstić information content (AvgIpc) is 2.47. The molecule has 74 valence electrons. The number of hydrogen-bond acceptors (Lipinski definition) is 2. The van der Waals surface area contributed by atoms with Crippen LogP contribution in [0.15, 0.2) is 18.2 Å². The fourth-order valence-corrected chi connectivity index (χ4v) is 1.76. The minimum atomic E-state index is -0.771. The van der Waals surface area contributed by atoms with E-state index in [2.05, 4.69) is 0 Å². The van der Waals surface area contributed by atoms with Crippen LogP contribution in [0.2, 0.25) is 0 Å². The normalized spacial score (nSPS) is 18.8. The highest BCUT2D eigenvalue weighted by atomic mass is 16.5. The van der Waals surface area contributed by atoms with Crippen molar-refractivity contribution >= 4 is 5.97 Å². The summed E-state index contributed by atoms with van der Waals surface area (Å²) in [4.78, 5) is 10.6. The standard InChI is InChI=1S/C11H12O3/c1-7-2-3-9-8(5-11(12)13)6-14-10(9)4-7/h2-4,8H,5-6H2,1H3,(H,12,13). The van der Waals surface area contributed by atoms with Crippen LogP contribution in [0.3, 0.4) is 0 Å². The second-order valence-electron chi connectivity index (χ2n) is 3.65. The van der Waals surface area contributed by atoms with Crippen molar-refractivity contribution in [2.75, 3.05) is 6.61 Å². The zero-order chi connectivity index (χ0) is 10.1. The quantitative estimate of drug-likeness (QED) is 0.779. The molecule has 0 amide bonds. The van der Waals surface area contributed by atoms with Crippen molar-refractivity contribution < 1.29 is 14.6 Å². The fraction of sp³-hybridized carbons (Fsp3) is 0.364. The van der Waals surface area contributed by atoms with Crippen LogP contribution in [0.5, 0.6) is 5.75 Å². The van der Waals surface area contributed by atoms with Gasteiger partial charge in [0.1, 0.15) is 5.75 Å². The van der Waals surface area contributed by atoms with Crippen molar-refractivity contribution in [2.24, 2.45) is 0 Å². The molecule has 3 heteroatoms. The lowest BCUT2D eigenvalue weighted by atomic mass is 9.97. The van der Waals surface area contributed by atoms with Gasteiger partial charge in [-0.25, -0.2) is 0 Å². The Balaban J connectivity index is 2.26. The summed E-state index contributed by atoms with van der Waals surface area (Å²) < 4.78 is 5.43. The van der Waals surface area contributed by atoms with Crippen LogP contribution in [-0.2, 0) is 4.79 Å². The van der Waals surface area contributed by atoms with Gasteiger partial charge in [0, 0.05) is 11.5 Å². The Kier molecular flexibility index (Phi) is 2.15. The molecule has 1 unspecified atom stereocenters. The van der Waals surface area contributed by atoms with E-state index >= 15 is 0 Å². The van der Waals surface area contributed by atoms with Crippen LogP contribution in [0.1, 0.15) is 23.5 Å². The molecule has 0 aromatic heterocycles. The van der Waals surface area contributed by atoms with Gasteiger partial charge in [0.25, 0.3) is 0 Å². The van der Waals surface area contributed by atoms with E-state index in [1.54, 1.807) is 0 Å². The lowest BCUT2D eigenvalue weighted by Gasteiger charge is -2.04. The van der Waals surface area contributed by atoms with Crippen LogP contribution in [0.4, 0.5) is 0 Å². The maximum Gasteiger partial charge on any atom is 0.304 e. The number of hydrogen-bond donors (Lipinski definition) is 1. The van der Waals surface area contributed by atoms with Gasteiger partial charge in [-0.05, 0) is 18.6 Å². The molecular weight excluding hydrogens is 180 g/mol. The van der Waals surface area contributed by atoms with Gasteiger partial charge in [-0.3, -0.25) is 4.79 Å². The molecule has 1 aliphatic rings. The first-order chi connectivity index (χ1) is 6.66. The molecule has 0 saturated heterocycles. The van der Waals surface area contributed by atoms with Crippen LogP contribution >= 0.6 is 0 Å². The second kappa shape index (κ2) is 3.33. The highest BCUT2D eigenvalue weighted by Gasteiger charge is 2.25. The van der Waals surface area contributed by atoms with E-state index in [9.17, 15) is 4.79 Å². The molecule has 14 heavy (non-hydrogen) atoms. The van der Waals surface area contributed by atoms with Crippen molar-refractivity contribution in [3.8, 4) is 5.75 Å². The molecule has 3 nitrogen and oxygen atoms in total. The molecule has 1 aliphatic heterocycles. The summed E-state index contributed by atoms with van der Waals surface area (Å²) in [5.41, 5.74) is 2.16. The predicted octanol–water partition coefficient (Wildman–Crippen LogP) is 1.95. The van der Waals surface area contributed by atoms with Gasteiger partial charge in [0.15, 0.2) is 0 Å². The predicted molar refractivity (Wildman–Crippen MR) is 51.7 cm³/mol. The van der Waals surface area contributed by atoms with Gasteiger partial charge in [0.05, 0.1) is 13.0 Å². The Morgan fingerprint density at radius 1 is 1.64 bits per heavy atom. The average molecular weight is 192 g/mol. The van der Waals surface area contributed by atoms with Crippen molar-refractivity contribution in [1.82, 2.24) is 0 Å². The molecule has 1 heterocycles. The number of carboxylic acids is 1. The first-order valence-electron chi connectivity index (χ1n) is 4.62. The zero-order valence-corrected chi connectivity index (χ0v) is 7.99. The number of carbonyl (C=O) groups is 1. The monoisotopic (exact) mass is 192 g/mol. The van der Waals surface area contributed by atoms with Gasteiger partial charge in [-0.1, -0.05) is 12.1 Å². The van der Waals surface area contributed by atoms with E-state index in [-0.39, 0.29) is 12.3 Å². The second-order valence-corrected chi connectivity index (χ2v) is 3.65. The molecule has 0 spiro atoms. The molecule has 1 aromatic rings. The van der Waals surface area contributed by atoms with E-state index < -0.39 is 5.97 Å². The van der Waals surface area contributed by atoms with E-state index in [0.717, 1.165) is 16.9 Å². The summed E-state index contributed by atoms with van der Waals surface area (Å²) in [6.45, 7) is 2.49. The van der Waals surface area contributed by atoms with Crippen LogP contribution < -0.4 is 4.74 Å². The van der Waals surface area contributed by atoms with Crippen molar-refractivity contribution in [1.29, 1.82) is 0 Å². The highest BCUT2D eigenvalue weighted by Crippen LogP contribution is 2.36. The Hall–Kier alpha value is -1.51. The smallest absolute Gasteiger partial charge is 0.304 e. The molecular formula is C11H12O3. The summed E-state index contributed by atoms with van der Waals surface area (Å²) in [5, 5.41) is 8.70. The van der Waals surface area contributed by atoms with Gasteiger partial charge in [-0.2, -0.15) is 0 Å². The van der Waals surface area contributed by atoms with E-state index in [1.807, 2.05) is 25.1 Å². The number of fused-ring (bicyclic) bond motifs is 1. The largest absolute Gasteiger partial charge is 0.493 e. The third kappa shape index (κ3) is 1.58. The molecule has 0 aliphatic carbocycles. The highest BCUT2D eigenvalue weighted by molar-refractivity contribution is 5.68. The summed E-state index contributed by atoms with van der Waals surface area (Å²) in [5.74, 6) is 0.0892. The van der Waals surface area contributed by atoms with Gasteiger partial charge >= 0.3 is 5.97 Å². The maximum absolute atomic E-state index is 10.6. The fourth-order valence-electron chi connectivity index (χ4n) is 1.76. The molecule has 1 aromatic carbocycles. The zero-order valence-electron chi connectivity index (χ0n) is 7.99. The Morgan fingerprint density at radius 3 is 3.14 bits per heavy atom. The number of aryl methyl sites for hydroxylation is 1. The minimum Gasteiger partial charge on any atom is -0.493 e. The Morgan fingerprint density at radius 2 is 2.43 bits per heavy atom. The Labute approximate surface area is 82.3 Å². The lowest BCUT2D eigenvalue weighted by Crippen LogP contribution is -2.07. The molecule has 0 saturated carbocycles. The molecule has 1 N–H and O–H groups in total. The van der Waals surface area contributed by atoms with E-state index in [4.69, 9.17) is 9.84 Å². The van der Waals surface area contributed by atoms with Crippen LogP contribution in [0, 0.1) is 6.92 Å². The number of ether oxygens (including phenoxy) is 1. The first-order valence-corrected chi connectivity index (χ1v) is 4.62. The summed E-state index contributed by atoms with van der Waals surface area (Å²) in [7, 11) is 0. The topological polar surface area (TPSA) is 46.5 Å². The van der Waals surface area contributed by atoms with Crippen molar-refractivity contribution in [3.63, 3.8) is 0 Å². The molecule has 0 radical (unpaired) electrons. The number of benzene rings is 1. The van der Waals surface area contributed by atoms with E-state index in [0.29, 0.717) is 6.61 Å². The van der Waals surface area contributed by atoms with Crippen molar-refractivity contribution in [2.45, 2.75) is 19.3 Å². The van der Waals surface area contributed by atoms with Gasteiger partial charge < -0.3 is 9.84 Å². The summed E-state index contributed by atoms with van der Waals surface area (Å²) in [6, 6.07) is 5.91. The number of rotatable bonds is 2.